The summed E-state index contributed by atoms with van der Waals surface area (Å²) < 4.78 is 1.68. The highest BCUT2D eigenvalue weighted by molar-refractivity contribution is 5.55. The van der Waals surface area contributed by atoms with E-state index >= 15 is 0 Å². The van der Waals surface area contributed by atoms with Gasteiger partial charge in [0.15, 0.2) is 0 Å². The monoisotopic (exact) mass is 222 g/mol. The van der Waals surface area contributed by atoms with Gasteiger partial charge in [-0.3, -0.25) is 4.68 Å². The number of aliphatic hydroxyl groups excluding tert-OH is 1. The SMILES string of the molecule is Cc1nn(C)c(NC(C)CCCO)c1C#N. The summed E-state index contributed by atoms with van der Waals surface area (Å²) in [6.07, 6.45) is 1.62. The van der Waals surface area contributed by atoms with Crippen LogP contribution < -0.4 is 5.32 Å². The minimum Gasteiger partial charge on any atom is -0.396 e. The lowest BCUT2D eigenvalue weighted by atomic mass is 10.2. The third-order valence-electron chi connectivity index (χ3n) is 2.51. The Bertz CT molecular complexity index is 391. The van der Waals surface area contributed by atoms with Gasteiger partial charge in [-0.2, -0.15) is 10.4 Å². The van der Waals surface area contributed by atoms with Crippen LogP contribution in [-0.2, 0) is 7.05 Å². The Labute approximate surface area is 95.7 Å². The topological polar surface area (TPSA) is 73.9 Å². The number of nitrogens with one attached hydrogen (secondary N) is 1. The molecule has 1 unspecified atom stereocenters. The van der Waals surface area contributed by atoms with Gasteiger partial charge in [-0.25, -0.2) is 0 Å². The lowest BCUT2D eigenvalue weighted by Crippen LogP contribution is -2.18. The fourth-order valence-corrected chi connectivity index (χ4v) is 1.66. The van der Waals surface area contributed by atoms with Gasteiger partial charge in [0.05, 0.1) is 5.69 Å². The molecule has 0 aliphatic carbocycles. The molecule has 2 N–H and O–H groups in total. The summed E-state index contributed by atoms with van der Waals surface area (Å²) >= 11 is 0. The van der Waals surface area contributed by atoms with E-state index in [1.54, 1.807) is 4.68 Å². The van der Waals surface area contributed by atoms with Crippen LogP contribution >= 0.6 is 0 Å². The molecule has 0 aromatic carbocycles. The number of nitriles is 1. The molecule has 1 heterocycles. The van der Waals surface area contributed by atoms with Crippen molar-refractivity contribution in [2.75, 3.05) is 11.9 Å². The van der Waals surface area contributed by atoms with E-state index in [-0.39, 0.29) is 12.6 Å². The van der Waals surface area contributed by atoms with Gasteiger partial charge in [0.2, 0.25) is 0 Å². The molecule has 1 aromatic heterocycles. The van der Waals surface area contributed by atoms with Gasteiger partial charge in [-0.15, -0.1) is 0 Å². The first-order valence-corrected chi connectivity index (χ1v) is 5.41. The van der Waals surface area contributed by atoms with E-state index in [1.165, 1.54) is 0 Å². The molecule has 1 atom stereocenters. The van der Waals surface area contributed by atoms with Crippen LogP contribution in [0.4, 0.5) is 5.82 Å². The Morgan fingerprint density at radius 1 is 1.62 bits per heavy atom. The minimum absolute atomic E-state index is 0.196. The Balaban J connectivity index is 2.77. The summed E-state index contributed by atoms with van der Waals surface area (Å²) in [6, 6.07) is 2.37. The third kappa shape index (κ3) is 2.74. The van der Waals surface area contributed by atoms with E-state index < -0.39 is 0 Å². The molecule has 0 saturated carbocycles. The van der Waals surface area contributed by atoms with Crippen LogP contribution in [0.5, 0.6) is 0 Å². The summed E-state index contributed by atoms with van der Waals surface area (Å²) in [5, 5.41) is 25.2. The second kappa shape index (κ2) is 5.52. The maximum Gasteiger partial charge on any atom is 0.142 e. The average molecular weight is 222 g/mol. The molecule has 0 bridgehead atoms. The minimum atomic E-state index is 0.196. The van der Waals surface area contributed by atoms with Gasteiger partial charge in [-0.05, 0) is 26.7 Å². The van der Waals surface area contributed by atoms with Crippen molar-refractivity contribution in [3.05, 3.63) is 11.3 Å². The maximum atomic E-state index is 9.02. The molecule has 0 amide bonds. The first-order chi connectivity index (χ1) is 7.60. The molecule has 1 aromatic rings. The second-order valence-electron chi connectivity index (χ2n) is 3.96. The van der Waals surface area contributed by atoms with Crippen LogP contribution in [0.2, 0.25) is 0 Å². The van der Waals surface area contributed by atoms with E-state index in [4.69, 9.17) is 10.4 Å². The fraction of sp³-hybridized carbons (Fsp3) is 0.636. The van der Waals surface area contributed by atoms with E-state index in [9.17, 15) is 0 Å². The molecule has 0 radical (unpaired) electrons. The molecule has 88 valence electrons. The Kier molecular flexibility index (Phi) is 4.32. The van der Waals surface area contributed by atoms with E-state index in [1.807, 2.05) is 20.9 Å². The quantitative estimate of drug-likeness (QED) is 0.784. The summed E-state index contributed by atoms with van der Waals surface area (Å²) in [6.45, 7) is 4.04. The van der Waals surface area contributed by atoms with Gasteiger partial charge < -0.3 is 10.4 Å². The van der Waals surface area contributed by atoms with Crippen molar-refractivity contribution in [2.24, 2.45) is 7.05 Å². The fourth-order valence-electron chi connectivity index (χ4n) is 1.66. The van der Waals surface area contributed by atoms with Crippen LogP contribution in [0, 0.1) is 18.3 Å². The summed E-state index contributed by atoms with van der Waals surface area (Å²) in [5.41, 5.74) is 1.33. The molecular weight excluding hydrogens is 204 g/mol. The number of aryl methyl sites for hydroxylation is 2. The smallest absolute Gasteiger partial charge is 0.142 e. The Morgan fingerprint density at radius 2 is 2.31 bits per heavy atom. The molecule has 0 aliphatic heterocycles. The first kappa shape index (κ1) is 12.5. The van der Waals surface area contributed by atoms with Gasteiger partial charge in [-0.1, -0.05) is 0 Å². The van der Waals surface area contributed by atoms with Crippen molar-refractivity contribution < 1.29 is 5.11 Å². The normalized spacial score (nSPS) is 12.2. The zero-order chi connectivity index (χ0) is 12.1. The number of anilines is 1. The predicted molar refractivity (Wildman–Crippen MR) is 62.1 cm³/mol. The molecule has 0 spiro atoms. The van der Waals surface area contributed by atoms with Crippen molar-refractivity contribution in [3.63, 3.8) is 0 Å². The molecule has 0 aliphatic rings. The highest BCUT2D eigenvalue weighted by Gasteiger charge is 2.14. The number of hydrogen-bond donors (Lipinski definition) is 2. The van der Waals surface area contributed by atoms with Crippen LogP contribution in [0.1, 0.15) is 31.0 Å². The van der Waals surface area contributed by atoms with Crippen LogP contribution in [0.15, 0.2) is 0 Å². The van der Waals surface area contributed by atoms with Crippen LogP contribution in [-0.4, -0.2) is 27.5 Å². The molecule has 0 fully saturated rings. The summed E-state index contributed by atoms with van der Waals surface area (Å²) in [5.74, 6) is 0.755. The average Bonchev–Trinajstić information content (AvgIpc) is 2.50. The Morgan fingerprint density at radius 3 is 2.88 bits per heavy atom. The first-order valence-electron chi connectivity index (χ1n) is 5.41. The van der Waals surface area contributed by atoms with Gasteiger partial charge in [0.25, 0.3) is 0 Å². The third-order valence-corrected chi connectivity index (χ3v) is 2.51. The van der Waals surface area contributed by atoms with Gasteiger partial charge in [0, 0.05) is 19.7 Å². The lowest BCUT2D eigenvalue weighted by Gasteiger charge is -2.14. The molecule has 16 heavy (non-hydrogen) atoms. The predicted octanol–water partition coefficient (Wildman–Crippen LogP) is 1.17. The van der Waals surface area contributed by atoms with E-state index in [0.29, 0.717) is 5.56 Å². The lowest BCUT2D eigenvalue weighted by molar-refractivity contribution is 0.282. The zero-order valence-electron chi connectivity index (χ0n) is 9.99. The van der Waals surface area contributed by atoms with Crippen LogP contribution in [0.3, 0.4) is 0 Å². The maximum absolute atomic E-state index is 9.02. The number of aliphatic hydroxyl groups is 1. The van der Waals surface area contributed by atoms with Crippen molar-refractivity contribution in [1.29, 1.82) is 5.26 Å². The standard InChI is InChI=1S/C11H18N4O/c1-8(5-4-6-16)13-11-10(7-12)9(2)14-15(11)3/h8,13,16H,4-6H2,1-3H3. The van der Waals surface area contributed by atoms with Crippen LogP contribution in [0.25, 0.3) is 0 Å². The summed E-state index contributed by atoms with van der Waals surface area (Å²) in [4.78, 5) is 0. The second-order valence-corrected chi connectivity index (χ2v) is 3.96. The summed E-state index contributed by atoms with van der Waals surface area (Å²) in [7, 11) is 1.81. The molecule has 5 heteroatoms. The molecule has 5 nitrogen and oxygen atoms in total. The van der Waals surface area contributed by atoms with Crippen molar-refractivity contribution in [1.82, 2.24) is 9.78 Å². The van der Waals surface area contributed by atoms with E-state index in [0.717, 1.165) is 24.4 Å². The number of rotatable bonds is 5. The number of hydrogen-bond acceptors (Lipinski definition) is 4. The molecular formula is C11H18N4O. The highest BCUT2D eigenvalue weighted by Crippen LogP contribution is 2.18. The number of aromatic nitrogens is 2. The molecule has 1 rings (SSSR count). The highest BCUT2D eigenvalue weighted by atomic mass is 16.2. The van der Waals surface area contributed by atoms with E-state index in [2.05, 4.69) is 16.5 Å². The van der Waals surface area contributed by atoms with Gasteiger partial charge >= 0.3 is 0 Å². The largest absolute Gasteiger partial charge is 0.396 e. The number of nitrogens with zero attached hydrogens (tertiary/aromatic N) is 3. The molecule has 0 saturated heterocycles. The zero-order valence-corrected chi connectivity index (χ0v) is 9.99. The van der Waals surface area contributed by atoms with Crippen molar-refractivity contribution >= 4 is 5.82 Å². The Hall–Kier alpha value is -1.54. The van der Waals surface area contributed by atoms with Crippen molar-refractivity contribution in [3.8, 4) is 6.07 Å². The van der Waals surface area contributed by atoms with Crippen molar-refractivity contribution in [2.45, 2.75) is 32.7 Å². The van der Waals surface area contributed by atoms with Gasteiger partial charge in [0.1, 0.15) is 17.5 Å².